The SMILES string of the molecule is COCCNC(=O)c1cc(Oc2ccc3c(c2)nc(Nc2cc(OC)cc(OC)c2)n3C)ccn1. The number of nitrogens with zero attached hydrogens (tertiary/aromatic N) is 3. The third-order valence-corrected chi connectivity index (χ3v) is 5.25. The van der Waals surface area contributed by atoms with Gasteiger partial charge in [0.15, 0.2) is 0 Å². The molecular weight excluding hydrogens is 450 g/mol. The van der Waals surface area contributed by atoms with Gasteiger partial charge in [0.2, 0.25) is 5.95 Å². The summed E-state index contributed by atoms with van der Waals surface area (Å²) in [5.41, 5.74) is 2.71. The summed E-state index contributed by atoms with van der Waals surface area (Å²) in [5, 5.41) is 6.05. The Labute approximate surface area is 202 Å². The van der Waals surface area contributed by atoms with Gasteiger partial charge in [-0.2, -0.15) is 0 Å². The van der Waals surface area contributed by atoms with Crippen LogP contribution >= 0.6 is 0 Å². The van der Waals surface area contributed by atoms with E-state index in [0.29, 0.717) is 42.1 Å². The minimum absolute atomic E-state index is 0.262. The minimum Gasteiger partial charge on any atom is -0.497 e. The maximum Gasteiger partial charge on any atom is 0.270 e. The van der Waals surface area contributed by atoms with Crippen LogP contribution in [0.4, 0.5) is 11.6 Å². The highest BCUT2D eigenvalue weighted by Crippen LogP contribution is 2.31. The van der Waals surface area contributed by atoms with Gasteiger partial charge in [0.05, 0.1) is 31.9 Å². The van der Waals surface area contributed by atoms with Gasteiger partial charge in [-0.1, -0.05) is 0 Å². The predicted molar refractivity (Wildman–Crippen MR) is 132 cm³/mol. The number of hydrogen-bond donors (Lipinski definition) is 2. The van der Waals surface area contributed by atoms with Crippen LogP contribution in [-0.4, -0.2) is 54.9 Å². The quantitative estimate of drug-likeness (QED) is 0.331. The summed E-state index contributed by atoms with van der Waals surface area (Å²) in [6, 6.07) is 14.4. The summed E-state index contributed by atoms with van der Waals surface area (Å²) in [7, 11) is 6.71. The first kappa shape index (κ1) is 23.8. The van der Waals surface area contributed by atoms with Gasteiger partial charge in [-0.25, -0.2) is 4.98 Å². The highest BCUT2D eigenvalue weighted by molar-refractivity contribution is 5.92. The number of nitrogens with one attached hydrogen (secondary N) is 2. The highest BCUT2D eigenvalue weighted by Gasteiger charge is 2.12. The lowest BCUT2D eigenvalue weighted by atomic mass is 10.3. The van der Waals surface area contributed by atoms with Crippen molar-refractivity contribution in [3.05, 3.63) is 60.4 Å². The Balaban J connectivity index is 1.53. The first-order valence-electron chi connectivity index (χ1n) is 10.9. The van der Waals surface area contributed by atoms with Crippen LogP contribution in [-0.2, 0) is 11.8 Å². The van der Waals surface area contributed by atoms with E-state index in [2.05, 4.69) is 15.6 Å². The number of carbonyl (C=O) groups is 1. The minimum atomic E-state index is -0.294. The van der Waals surface area contributed by atoms with Crippen LogP contribution in [0, 0.1) is 0 Å². The molecule has 0 bridgehead atoms. The third kappa shape index (κ3) is 5.61. The van der Waals surface area contributed by atoms with E-state index in [0.717, 1.165) is 16.7 Å². The van der Waals surface area contributed by atoms with Crippen LogP contribution in [0.25, 0.3) is 11.0 Å². The van der Waals surface area contributed by atoms with E-state index >= 15 is 0 Å². The van der Waals surface area contributed by atoms with Gasteiger partial charge in [0, 0.05) is 62.9 Å². The second-order valence-electron chi connectivity index (χ2n) is 7.60. The fourth-order valence-electron chi connectivity index (χ4n) is 3.46. The molecule has 4 aromatic rings. The number of aromatic nitrogens is 3. The lowest BCUT2D eigenvalue weighted by molar-refractivity contribution is 0.0932. The van der Waals surface area contributed by atoms with E-state index in [-0.39, 0.29) is 11.6 Å². The average Bonchev–Trinajstić information content (AvgIpc) is 3.18. The molecule has 4 rings (SSSR count). The monoisotopic (exact) mass is 477 g/mol. The number of anilines is 2. The maximum atomic E-state index is 12.2. The molecule has 0 atom stereocenters. The van der Waals surface area contributed by atoms with Crippen molar-refractivity contribution < 1.29 is 23.7 Å². The Kier molecular flexibility index (Phi) is 7.32. The van der Waals surface area contributed by atoms with Gasteiger partial charge < -0.3 is 34.1 Å². The van der Waals surface area contributed by atoms with E-state index in [1.807, 2.05) is 41.9 Å². The second kappa shape index (κ2) is 10.7. The summed E-state index contributed by atoms with van der Waals surface area (Å²) in [5.74, 6) is 2.77. The lowest BCUT2D eigenvalue weighted by Crippen LogP contribution is -2.27. The van der Waals surface area contributed by atoms with E-state index in [9.17, 15) is 4.79 Å². The summed E-state index contributed by atoms with van der Waals surface area (Å²) in [6.45, 7) is 0.825. The van der Waals surface area contributed by atoms with Crippen molar-refractivity contribution in [1.29, 1.82) is 0 Å². The zero-order valence-electron chi connectivity index (χ0n) is 20.0. The molecule has 0 unspecified atom stereocenters. The first-order chi connectivity index (χ1) is 17.0. The van der Waals surface area contributed by atoms with Crippen molar-refractivity contribution in [1.82, 2.24) is 19.9 Å². The van der Waals surface area contributed by atoms with Gasteiger partial charge >= 0.3 is 0 Å². The lowest BCUT2D eigenvalue weighted by Gasteiger charge is -2.10. The first-order valence-corrected chi connectivity index (χ1v) is 10.9. The number of methoxy groups -OCH3 is 3. The molecule has 0 aliphatic carbocycles. The number of fused-ring (bicyclic) bond motifs is 1. The van der Waals surface area contributed by atoms with Crippen LogP contribution in [0.1, 0.15) is 10.5 Å². The highest BCUT2D eigenvalue weighted by atomic mass is 16.5. The summed E-state index contributed by atoms with van der Waals surface area (Å²) in [6.07, 6.45) is 1.53. The van der Waals surface area contributed by atoms with Gasteiger partial charge in [-0.15, -0.1) is 0 Å². The molecule has 0 saturated heterocycles. The molecule has 0 fully saturated rings. The van der Waals surface area contributed by atoms with Crippen LogP contribution in [0.5, 0.6) is 23.0 Å². The molecule has 10 heteroatoms. The molecule has 0 aliphatic heterocycles. The molecule has 2 aromatic carbocycles. The summed E-state index contributed by atoms with van der Waals surface area (Å²) < 4.78 is 23.6. The fraction of sp³-hybridized carbons (Fsp3) is 0.240. The van der Waals surface area contributed by atoms with E-state index in [1.165, 1.54) is 6.20 Å². The molecule has 182 valence electrons. The molecular formula is C25H27N5O5. The van der Waals surface area contributed by atoms with E-state index < -0.39 is 0 Å². The van der Waals surface area contributed by atoms with Gasteiger partial charge in [-0.3, -0.25) is 9.78 Å². The van der Waals surface area contributed by atoms with Crippen LogP contribution in [0.15, 0.2) is 54.7 Å². The molecule has 2 aromatic heterocycles. The predicted octanol–water partition coefficient (Wildman–Crippen LogP) is 3.90. The number of amides is 1. The smallest absolute Gasteiger partial charge is 0.270 e. The zero-order chi connectivity index (χ0) is 24.8. The number of ether oxygens (including phenoxy) is 4. The summed E-state index contributed by atoms with van der Waals surface area (Å²) >= 11 is 0. The number of carbonyl (C=O) groups excluding carboxylic acids is 1. The fourth-order valence-corrected chi connectivity index (χ4v) is 3.46. The Bertz CT molecular complexity index is 1320. The molecule has 0 spiro atoms. The Morgan fingerprint density at radius 1 is 0.943 bits per heavy atom. The summed E-state index contributed by atoms with van der Waals surface area (Å²) in [4.78, 5) is 21.1. The number of aryl methyl sites for hydroxylation is 1. The molecule has 0 radical (unpaired) electrons. The standard InChI is InChI=1S/C25H27N5O5/c1-30-23-6-5-17(35-18-7-8-26-22(15-18)24(31)27-9-10-32-2)14-21(23)29-25(30)28-16-11-19(33-3)13-20(12-16)34-4/h5-8,11-15H,9-10H2,1-4H3,(H,27,31)(H,28,29). The number of imidazole rings is 1. The zero-order valence-corrected chi connectivity index (χ0v) is 20.0. The van der Waals surface area contributed by atoms with Gasteiger partial charge in [0.1, 0.15) is 28.7 Å². The molecule has 35 heavy (non-hydrogen) atoms. The normalized spacial score (nSPS) is 10.7. The van der Waals surface area contributed by atoms with Crippen molar-refractivity contribution in [2.24, 2.45) is 7.05 Å². The average molecular weight is 478 g/mol. The second-order valence-corrected chi connectivity index (χ2v) is 7.60. The molecule has 2 heterocycles. The van der Waals surface area contributed by atoms with Crippen LogP contribution in [0.2, 0.25) is 0 Å². The largest absolute Gasteiger partial charge is 0.497 e. The van der Waals surface area contributed by atoms with E-state index in [1.54, 1.807) is 39.5 Å². The van der Waals surface area contributed by atoms with Gasteiger partial charge in [0.25, 0.3) is 5.91 Å². The molecule has 2 N–H and O–H groups in total. The number of benzene rings is 2. The van der Waals surface area contributed by atoms with Crippen LogP contribution < -0.4 is 24.8 Å². The number of pyridine rings is 1. The maximum absolute atomic E-state index is 12.2. The van der Waals surface area contributed by atoms with Crippen molar-refractivity contribution in [3.63, 3.8) is 0 Å². The Hall–Kier alpha value is -4.31. The molecule has 10 nitrogen and oxygen atoms in total. The van der Waals surface area contributed by atoms with Gasteiger partial charge in [-0.05, 0) is 18.2 Å². The van der Waals surface area contributed by atoms with Crippen molar-refractivity contribution >= 4 is 28.6 Å². The third-order valence-electron chi connectivity index (χ3n) is 5.25. The Morgan fingerprint density at radius 3 is 2.40 bits per heavy atom. The van der Waals surface area contributed by atoms with Crippen LogP contribution in [0.3, 0.4) is 0 Å². The van der Waals surface area contributed by atoms with Crippen molar-refractivity contribution in [2.45, 2.75) is 0 Å². The van der Waals surface area contributed by atoms with Crippen molar-refractivity contribution in [3.8, 4) is 23.0 Å². The van der Waals surface area contributed by atoms with E-state index in [4.69, 9.17) is 23.9 Å². The molecule has 1 amide bonds. The van der Waals surface area contributed by atoms with Crippen molar-refractivity contribution in [2.75, 3.05) is 39.8 Å². The number of rotatable bonds is 10. The Morgan fingerprint density at radius 2 is 1.69 bits per heavy atom. The topological polar surface area (TPSA) is 109 Å². The number of hydrogen-bond acceptors (Lipinski definition) is 8. The molecule has 0 saturated carbocycles. The molecule has 0 aliphatic rings.